The lowest BCUT2D eigenvalue weighted by molar-refractivity contribution is 0.547. The molecule has 0 saturated heterocycles. The van der Waals surface area contributed by atoms with Gasteiger partial charge in [-0.25, -0.2) is 4.98 Å². The quantitative estimate of drug-likeness (QED) is 0.850. The molecular weight excluding hydrogens is 228 g/mol. The van der Waals surface area contributed by atoms with E-state index >= 15 is 0 Å². The van der Waals surface area contributed by atoms with Crippen molar-refractivity contribution in [3.8, 4) is 0 Å². The van der Waals surface area contributed by atoms with Gasteiger partial charge in [0.1, 0.15) is 12.2 Å². The number of nitrogens with zero attached hydrogens (tertiary/aromatic N) is 5. The summed E-state index contributed by atoms with van der Waals surface area (Å²) in [6.45, 7) is 5.01. The molecule has 6 nitrogen and oxygen atoms in total. The van der Waals surface area contributed by atoms with E-state index in [0.717, 1.165) is 30.2 Å². The average Bonchev–Trinajstić information content (AvgIpc) is 2.96. The van der Waals surface area contributed by atoms with E-state index in [2.05, 4.69) is 35.1 Å². The Labute approximate surface area is 107 Å². The average molecular weight is 248 g/mol. The minimum absolute atomic E-state index is 0.0966. The molecule has 2 heterocycles. The summed E-state index contributed by atoms with van der Waals surface area (Å²) in [6, 6.07) is 1.99. The molecule has 0 bridgehead atoms. The molecule has 0 fully saturated rings. The Hall–Kier alpha value is -1.69. The van der Waals surface area contributed by atoms with Crippen molar-refractivity contribution in [3.63, 3.8) is 0 Å². The Balaban J connectivity index is 2.20. The van der Waals surface area contributed by atoms with E-state index in [1.807, 2.05) is 11.7 Å². The maximum atomic E-state index is 6.26. The van der Waals surface area contributed by atoms with Gasteiger partial charge in [0.15, 0.2) is 0 Å². The summed E-state index contributed by atoms with van der Waals surface area (Å²) in [7, 11) is 1.88. The van der Waals surface area contributed by atoms with E-state index in [9.17, 15) is 0 Å². The Bertz CT molecular complexity index is 512. The van der Waals surface area contributed by atoms with E-state index in [1.165, 1.54) is 0 Å². The largest absolute Gasteiger partial charge is 0.322 e. The Morgan fingerprint density at radius 1 is 1.39 bits per heavy atom. The highest BCUT2D eigenvalue weighted by Crippen LogP contribution is 2.16. The molecule has 2 aromatic rings. The second kappa shape index (κ2) is 5.30. The van der Waals surface area contributed by atoms with E-state index in [0.29, 0.717) is 6.42 Å². The summed E-state index contributed by atoms with van der Waals surface area (Å²) >= 11 is 0. The van der Waals surface area contributed by atoms with Crippen molar-refractivity contribution < 1.29 is 0 Å². The van der Waals surface area contributed by atoms with Gasteiger partial charge in [-0.05, 0) is 19.4 Å². The molecule has 0 aliphatic rings. The zero-order valence-electron chi connectivity index (χ0n) is 11.2. The zero-order chi connectivity index (χ0) is 13.1. The van der Waals surface area contributed by atoms with Crippen molar-refractivity contribution in [1.82, 2.24) is 24.5 Å². The highest BCUT2D eigenvalue weighted by Gasteiger charge is 2.16. The summed E-state index contributed by atoms with van der Waals surface area (Å²) < 4.78 is 3.73. The van der Waals surface area contributed by atoms with Crippen LogP contribution in [-0.4, -0.2) is 24.5 Å². The molecule has 2 N–H and O–H groups in total. The number of nitrogens with two attached hydrogens (primary N) is 1. The highest BCUT2D eigenvalue weighted by atomic mass is 15.3. The van der Waals surface area contributed by atoms with Crippen LogP contribution in [0.1, 0.15) is 37.1 Å². The number of hydrogen-bond acceptors (Lipinski definition) is 4. The minimum Gasteiger partial charge on any atom is -0.322 e. The lowest BCUT2D eigenvalue weighted by atomic mass is 10.1. The highest BCUT2D eigenvalue weighted by molar-refractivity contribution is 5.15. The van der Waals surface area contributed by atoms with Crippen molar-refractivity contribution in [1.29, 1.82) is 0 Å². The van der Waals surface area contributed by atoms with Crippen LogP contribution in [0.15, 0.2) is 12.4 Å². The van der Waals surface area contributed by atoms with E-state index in [1.54, 1.807) is 11.0 Å². The molecular formula is C12H20N6. The summed E-state index contributed by atoms with van der Waals surface area (Å²) in [5.41, 5.74) is 8.41. The van der Waals surface area contributed by atoms with E-state index in [-0.39, 0.29) is 6.04 Å². The van der Waals surface area contributed by atoms with Gasteiger partial charge in [0.25, 0.3) is 0 Å². The zero-order valence-corrected chi connectivity index (χ0v) is 11.2. The number of aryl methyl sites for hydroxylation is 3. The van der Waals surface area contributed by atoms with Gasteiger partial charge in [0, 0.05) is 20.0 Å². The third-order valence-electron chi connectivity index (χ3n) is 3.11. The molecule has 0 spiro atoms. The topological polar surface area (TPSA) is 74.5 Å². The van der Waals surface area contributed by atoms with Crippen LogP contribution in [0.25, 0.3) is 0 Å². The molecule has 1 atom stereocenters. The first kappa shape index (κ1) is 12.8. The van der Waals surface area contributed by atoms with Gasteiger partial charge < -0.3 is 5.73 Å². The fourth-order valence-corrected chi connectivity index (χ4v) is 2.02. The lowest BCUT2D eigenvalue weighted by Gasteiger charge is -2.12. The standard InChI is InChI=1S/C12H20N6/c1-4-9-6-11(18(5-2)16-9)10(13)7-12-14-8-15-17(12)3/h6,8,10H,4-5,7,13H2,1-3H3. The van der Waals surface area contributed by atoms with Gasteiger partial charge >= 0.3 is 0 Å². The molecule has 0 aliphatic carbocycles. The molecule has 18 heavy (non-hydrogen) atoms. The maximum absolute atomic E-state index is 6.26. The maximum Gasteiger partial charge on any atom is 0.138 e. The fraction of sp³-hybridized carbons (Fsp3) is 0.583. The molecule has 0 radical (unpaired) electrons. The van der Waals surface area contributed by atoms with Crippen molar-refractivity contribution in [2.24, 2.45) is 12.8 Å². The molecule has 98 valence electrons. The first-order valence-electron chi connectivity index (χ1n) is 6.30. The normalized spacial score (nSPS) is 12.9. The van der Waals surface area contributed by atoms with Crippen molar-refractivity contribution >= 4 is 0 Å². The van der Waals surface area contributed by atoms with Gasteiger partial charge in [-0.2, -0.15) is 10.2 Å². The SMILES string of the molecule is CCc1cc(C(N)Cc2ncnn2C)n(CC)n1. The van der Waals surface area contributed by atoms with Gasteiger partial charge in [0.05, 0.1) is 17.4 Å². The van der Waals surface area contributed by atoms with Crippen LogP contribution >= 0.6 is 0 Å². The summed E-state index contributed by atoms with van der Waals surface area (Å²) in [5, 5.41) is 8.57. The Morgan fingerprint density at radius 2 is 2.17 bits per heavy atom. The predicted octanol–water partition coefficient (Wildman–Crippen LogP) is 0.836. The van der Waals surface area contributed by atoms with Crippen LogP contribution in [0.2, 0.25) is 0 Å². The molecule has 2 rings (SSSR count). The fourth-order valence-electron chi connectivity index (χ4n) is 2.02. The van der Waals surface area contributed by atoms with Gasteiger partial charge in [0.2, 0.25) is 0 Å². The van der Waals surface area contributed by atoms with Crippen molar-refractivity contribution in [2.75, 3.05) is 0 Å². The second-order valence-corrected chi connectivity index (χ2v) is 4.34. The van der Waals surface area contributed by atoms with E-state index < -0.39 is 0 Å². The summed E-state index contributed by atoms with van der Waals surface area (Å²) in [6.07, 6.45) is 3.15. The first-order valence-corrected chi connectivity index (χ1v) is 6.30. The smallest absolute Gasteiger partial charge is 0.138 e. The molecule has 0 saturated carbocycles. The van der Waals surface area contributed by atoms with Crippen molar-refractivity contribution in [3.05, 3.63) is 29.6 Å². The Kier molecular flexibility index (Phi) is 3.76. The summed E-state index contributed by atoms with van der Waals surface area (Å²) in [4.78, 5) is 4.21. The Morgan fingerprint density at radius 3 is 2.72 bits per heavy atom. The van der Waals surface area contributed by atoms with E-state index in [4.69, 9.17) is 5.73 Å². The molecule has 1 unspecified atom stereocenters. The third-order valence-corrected chi connectivity index (χ3v) is 3.11. The molecule has 0 aliphatic heterocycles. The van der Waals surface area contributed by atoms with Gasteiger partial charge in [-0.1, -0.05) is 6.92 Å². The van der Waals surface area contributed by atoms with Crippen LogP contribution in [-0.2, 0) is 26.4 Å². The van der Waals surface area contributed by atoms with Crippen LogP contribution in [0.4, 0.5) is 0 Å². The van der Waals surface area contributed by atoms with Crippen LogP contribution < -0.4 is 5.73 Å². The molecule has 0 amide bonds. The van der Waals surface area contributed by atoms with Crippen molar-refractivity contribution in [2.45, 2.75) is 39.3 Å². The molecule has 0 aromatic carbocycles. The monoisotopic (exact) mass is 248 g/mol. The minimum atomic E-state index is -0.0966. The molecule has 2 aromatic heterocycles. The molecule has 6 heteroatoms. The second-order valence-electron chi connectivity index (χ2n) is 4.34. The predicted molar refractivity (Wildman–Crippen MR) is 68.9 cm³/mol. The van der Waals surface area contributed by atoms with Crippen LogP contribution in [0, 0.1) is 0 Å². The number of hydrogen-bond donors (Lipinski definition) is 1. The van der Waals surface area contributed by atoms with Crippen LogP contribution in [0.3, 0.4) is 0 Å². The van der Waals surface area contributed by atoms with Crippen LogP contribution in [0.5, 0.6) is 0 Å². The summed E-state index contributed by atoms with van der Waals surface area (Å²) in [5.74, 6) is 0.893. The third kappa shape index (κ3) is 2.43. The van der Waals surface area contributed by atoms with Gasteiger partial charge in [-0.15, -0.1) is 0 Å². The number of aromatic nitrogens is 5. The number of rotatable bonds is 5. The lowest BCUT2D eigenvalue weighted by Crippen LogP contribution is -2.20. The van der Waals surface area contributed by atoms with Gasteiger partial charge in [-0.3, -0.25) is 9.36 Å². The first-order chi connectivity index (χ1) is 8.65.